The molecule has 5 nitrogen and oxygen atoms in total. The Balaban J connectivity index is 2.39. The minimum absolute atomic E-state index is 0.0212. The fraction of sp³-hybridized carbons (Fsp3) is 0.571. The number of nitrogens with one attached hydrogen (secondary N) is 1. The van der Waals surface area contributed by atoms with Crippen LogP contribution < -0.4 is 5.32 Å². The van der Waals surface area contributed by atoms with Crippen LogP contribution in [0.4, 0.5) is 5.13 Å². The molecule has 0 spiro atoms. The van der Waals surface area contributed by atoms with Crippen molar-refractivity contribution in [2.75, 3.05) is 26.0 Å². The number of rotatable bonds is 3. The van der Waals surface area contributed by atoms with Crippen LogP contribution >= 0.6 is 11.5 Å². The van der Waals surface area contributed by atoms with E-state index in [1.165, 1.54) is 16.4 Å². The summed E-state index contributed by atoms with van der Waals surface area (Å²) < 4.78 is 3.98. The van der Waals surface area contributed by atoms with Gasteiger partial charge in [-0.3, -0.25) is 4.79 Å². The highest BCUT2D eigenvalue weighted by atomic mass is 32.1. The summed E-state index contributed by atoms with van der Waals surface area (Å²) in [4.78, 5) is 16.7. The Morgan fingerprint density at radius 3 is 2.77 bits per heavy atom. The molecule has 0 aliphatic carbocycles. The van der Waals surface area contributed by atoms with Gasteiger partial charge in [-0.15, -0.1) is 0 Å². The molecule has 0 aliphatic heterocycles. The Bertz CT molecular complexity index is 296. The number of nitrogens with zero attached hydrogens (tertiary/aromatic N) is 3. The van der Waals surface area contributed by atoms with Gasteiger partial charge in [0.2, 0.25) is 11.0 Å². The molecule has 6 heteroatoms. The van der Waals surface area contributed by atoms with Crippen molar-refractivity contribution in [2.45, 2.75) is 6.92 Å². The molecule has 1 aromatic heterocycles. The normalized spacial score (nSPS) is 9.77. The third-order valence-corrected chi connectivity index (χ3v) is 2.18. The second-order valence-electron chi connectivity index (χ2n) is 2.79. The molecular formula is C7H12N4OS. The zero-order valence-electron chi connectivity index (χ0n) is 7.87. The van der Waals surface area contributed by atoms with Gasteiger partial charge in [-0.05, 0) is 6.92 Å². The first kappa shape index (κ1) is 9.91. The van der Waals surface area contributed by atoms with Gasteiger partial charge in [0.25, 0.3) is 0 Å². The van der Waals surface area contributed by atoms with Crippen molar-refractivity contribution in [2.24, 2.45) is 0 Å². The smallest absolute Gasteiger partial charge is 0.241 e. The molecule has 0 aliphatic rings. The number of hydrogen-bond acceptors (Lipinski definition) is 5. The van der Waals surface area contributed by atoms with Crippen LogP contribution in [-0.4, -0.2) is 40.8 Å². The molecule has 0 saturated carbocycles. The van der Waals surface area contributed by atoms with Crippen molar-refractivity contribution in [3.05, 3.63) is 5.82 Å². The second-order valence-corrected chi connectivity index (χ2v) is 3.54. The molecule has 72 valence electrons. The quantitative estimate of drug-likeness (QED) is 0.764. The Labute approximate surface area is 80.9 Å². The maximum absolute atomic E-state index is 11.1. The lowest BCUT2D eigenvalue weighted by Crippen LogP contribution is -2.28. The Hall–Kier alpha value is -1.17. The summed E-state index contributed by atoms with van der Waals surface area (Å²) in [5.41, 5.74) is 0. The SMILES string of the molecule is Cc1nsc(NCC(=O)N(C)C)n1. The first-order chi connectivity index (χ1) is 6.09. The van der Waals surface area contributed by atoms with Crippen LogP contribution in [0.5, 0.6) is 0 Å². The number of aromatic nitrogens is 2. The van der Waals surface area contributed by atoms with Gasteiger partial charge in [-0.2, -0.15) is 4.37 Å². The topological polar surface area (TPSA) is 58.1 Å². The van der Waals surface area contributed by atoms with Crippen LogP contribution in [0, 0.1) is 6.92 Å². The molecule has 0 aromatic carbocycles. The Kier molecular flexibility index (Phi) is 3.18. The maximum Gasteiger partial charge on any atom is 0.241 e. The zero-order valence-corrected chi connectivity index (χ0v) is 8.68. The molecule has 1 aromatic rings. The number of amides is 1. The lowest BCUT2D eigenvalue weighted by atomic mass is 10.5. The van der Waals surface area contributed by atoms with Gasteiger partial charge in [0.15, 0.2) is 0 Å². The highest BCUT2D eigenvalue weighted by Crippen LogP contribution is 2.08. The van der Waals surface area contributed by atoms with Gasteiger partial charge >= 0.3 is 0 Å². The third kappa shape index (κ3) is 2.98. The van der Waals surface area contributed by atoms with E-state index in [0.717, 1.165) is 5.82 Å². The summed E-state index contributed by atoms with van der Waals surface area (Å²) in [7, 11) is 3.44. The minimum atomic E-state index is 0.0212. The van der Waals surface area contributed by atoms with E-state index in [1.54, 1.807) is 14.1 Å². The van der Waals surface area contributed by atoms with Gasteiger partial charge in [-0.25, -0.2) is 4.98 Å². The van der Waals surface area contributed by atoms with E-state index in [4.69, 9.17) is 0 Å². The van der Waals surface area contributed by atoms with E-state index in [0.29, 0.717) is 5.13 Å². The van der Waals surface area contributed by atoms with Crippen molar-refractivity contribution < 1.29 is 4.79 Å². The van der Waals surface area contributed by atoms with Gasteiger partial charge < -0.3 is 10.2 Å². The van der Waals surface area contributed by atoms with Crippen molar-refractivity contribution in [1.82, 2.24) is 14.3 Å². The largest absolute Gasteiger partial charge is 0.351 e. The highest BCUT2D eigenvalue weighted by molar-refractivity contribution is 7.09. The average molecular weight is 200 g/mol. The molecule has 13 heavy (non-hydrogen) atoms. The van der Waals surface area contributed by atoms with E-state index in [9.17, 15) is 4.79 Å². The molecule has 0 atom stereocenters. The summed E-state index contributed by atoms with van der Waals surface area (Å²) in [6, 6.07) is 0. The Morgan fingerprint density at radius 1 is 1.62 bits per heavy atom. The Morgan fingerprint density at radius 2 is 2.31 bits per heavy atom. The molecule has 1 rings (SSSR count). The van der Waals surface area contributed by atoms with Crippen LogP contribution in [0.2, 0.25) is 0 Å². The number of likely N-dealkylation sites (N-methyl/N-ethyl adjacent to an activating group) is 1. The first-order valence-corrected chi connectivity index (χ1v) is 4.61. The number of carbonyl (C=O) groups excluding carboxylic acids is 1. The predicted octanol–water partition coefficient (Wildman–Crippen LogP) is 0.347. The van der Waals surface area contributed by atoms with Gasteiger partial charge in [0.05, 0.1) is 6.54 Å². The van der Waals surface area contributed by atoms with E-state index in [2.05, 4.69) is 14.7 Å². The number of carbonyl (C=O) groups is 1. The maximum atomic E-state index is 11.1. The van der Waals surface area contributed by atoms with Crippen LogP contribution in [0.15, 0.2) is 0 Å². The van der Waals surface area contributed by atoms with Gasteiger partial charge in [0.1, 0.15) is 5.82 Å². The number of hydrogen-bond donors (Lipinski definition) is 1. The fourth-order valence-electron chi connectivity index (χ4n) is 0.678. The summed E-state index contributed by atoms with van der Waals surface area (Å²) in [5.74, 6) is 0.748. The van der Waals surface area contributed by atoms with Crippen LogP contribution in [0.1, 0.15) is 5.82 Å². The van der Waals surface area contributed by atoms with Gasteiger partial charge in [0, 0.05) is 25.6 Å². The van der Waals surface area contributed by atoms with Crippen LogP contribution in [-0.2, 0) is 4.79 Å². The predicted molar refractivity (Wildman–Crippen MR) is 51.8 cm³/mol. The molecule has 1 amide bonds. The first-order valence-electron chi connectivity index (χ1n) is 3.84. The monoisotopic (exact) mass is 200 g/mol. The zero-order chi connectivity index (χ0) is 9.84. The second kappa shape index (κ2) is 4.18. The minimum Gasteiger partial charge on any atom is -0.351 e. The molecule has 0 saturated heterocycles. The van der Waals surface area contributed by atoms with Crippen LogP contribution in [0.3, 0.4) is 0 Å². The van der Waals surface area contributed by atoms with Crippen molar-refractivity contribution in [1.29, 1.82) is 0 Å². The standard InChI is InChI=1S/C7H12N4OS/c1-5-9-7(13-10-5)8-4-6(12)11(2)3/h4H2,1-3H3,(H,8,9,10). The molecule has 0 radical (unpaired) electrons. The summed E-state index contributed by atoms with van der Waals surface area (Å²) in [6.45, 7) is 2.08. The number of aryl methyl sites for hydroxylation is 1. The third-order valence-electron chi connectivity index (χ3n) is 1.42. The van der Waals surface area contributed by atoms with E-state index in [-0.39, 0.29) is 12.5 Å². The van der Waals surface area contributed by atoms with Crippen LogP contribution in [0.25, 0.3) is 0 Å². The van der Waals surface area contributed by atoms with E-state index >= 15 is 0 Å². The average Bonchev–Trinajstić information content (AvgIpc) is 2.47. The van der Waals surface area contributed by atoms with Crippen molar-refractivity contribution in [3.63, 3.8) is 0 Å². The van der Waals surface area contributed by atoms with Gasteiger partial charge in [-0.1, -0.05) is 0 Å². The van der Waals surface area contributed by atoms with E-state index in [1.807, 2.05) is 6.92 Å². The summed E-state index contributed by atoms with van der Waals surface area (Å²) in [5, 5.41) is 3.59. The molecule has 0 fully saturated rings. The molecule has 0 bridgehead atoms. The lowest BCUT2D eigenvalue weighted by molar-refractivity contribution is -0.126. The highest BCUT2D eigenvalue weighted by Gasteiger charge is 2.05. The molecular weight excluding hydrogens is 188 g/mol. The lowest BCUT2D eigenvalue weighted by Gasteiger charge is -2.09. The molecule has 0 unspecified atom stereocenters. The van der Waals surface area contributed by atoms with Crippen molar-refractivity contribution >= 4 is 22.6 Å². The molecule has 1 heterocycles. The summed E-state index contributed by atoms with van der Waals surface area (Å²) >= 11 is 1.26. The van der Waals surface area contributed by atoms with Crippen molar-refractivity contribution in [3.8, 4) is 0 Å². The summed E-state index contributed by atoms with van der Waals surface area (Å²) in [6.07, 6.45) is 0. The molecule has 1 N–H and O–H groups in total. The fourth-order valence-corrected chi connectivity index (χ4v) is 1.25. The number of anilines is 1. The van der Waals surface area contributed by atoms with E-state index < -0.39 is 0 Å².